The molecular formula is C15H9BrClNS. The average Bonchev–Trinajstić information content (AvgIpc) is 2.46. The van der Waals surface area contributed by atoms with Crippen LogP contribution in [0.15, 0.2) is 64.4 Å². The molecule has 19 heavy (non-hydrogen) atoms. The first-order valence-corrected chi connectivity index (χ1v) is 7.48. The van der Waals surface area contributed by atoms with Crippen LogP contribution in [0.4, 0.5) is 0 Å². The zero-order chi connectivity index (χ0) is 13.7. The Bertz CT molecular complexity index is 629. The lowest BCUT2D eigenvalue weighted by Crippen LogP contribution is -1.81. The minimum atomic E-state index is 0.619. The van der Waals surface area contributed by atoms with Gasteiger partial charge in [0, 0.05) is 14.4 Å². The predicted molar refractivity (Wildman–Crippen MR) is 85.2 cm³/mol. The van der Waals surface area contributed by atoms with Crippen LogP contribution in [0.25, 0.3) is 4.48 Å². The van der Waals surface area contributed by atoms with Crippen molar-refractivity contribution in [2.45, 2.75) is 4.90 Å². The number of nitrogens with zero attached hydrogens (tertiary/aromatic N) is 1. The molecule has 94 valence electrons. The van der Waals surface area contributed by atoms with Crippen molar-refractivity contribution in [3.63, 3.8) is 0 Å². The Kier molecular flexibility index (Phi) is 5.09. The molecule has 0 fully saturated rings. The largest absolute Gasteiger partial charge is 0.192 e. The van der Waals surface area contributed by atoms with Gasteiger partial charge in [-0.15, -0.1) is 0 Å². The molecule has 2 rings (SSSR count). The van der Waals surface area contributed by atoms with Crippen LogP contribution in [0.3, 0.4) is 0 Å². The van der Waals surface area contributed by atoms with Gasteiger partial charge in [-0.25, -0.2) is 0 Å². The zero-order valence-electron chi connectivity index (χ0n) is 9.81. The Morgan fingerprint density at radius 3 is 2.26 bits per heavy atom. The third kappa shape index (κ3) is 3.87. The van der Waals surface area contributed by atoms with E-state index in [0.717, 1.165) is 14.9 Å². The van der Waals surface area contributed by atoms with Gasteiger partial charge in [-0.2, -0.15) is 5.26 Å². The number of rotatable bonds is 3. The summed E-state index contributed by atoms with van der Waals surface area (Å²) in [4.78, 5) is 1.65. The molecule has 0 bridgehead atoms. The van der Waals surface area contributed by atoms with Crippen LogP contribution >= 0.6 is 39.3 Å². The molecule has 0 amide bonds. The number of halogens is 2. The van der Waals surface area contributed by atoms with Crippen molar-refractivity contribution in [1.29, 1.82) is 5.26 Å². The van der Waals surface area contributed by atoms with E-state index in [0.29, 0.717) is 9.93 Å². The van der Waals surface area contributed by atoms with E-state index in [4.69, 9.17) is 11.6 Å². The molecule has 0 aliphatic rings. The van der Waals surface area contributed by atoms with Crippen LogP contribution < -0.4 is 0 Å². The quantitative estimate of drug-likeness (QED) is 0.522. The van der Waals surface area contributed by atoms with Crippen LogP contribution in [0.5, 0.6) is 0 Å². The number of thioether (sulfide) groups is 1. The summed E-state index contributed by atoms with van der Waals surface area (Å²) in [5.41, 5.74) is 0.935. The monoisotopic (exact) mass is 349 g/mol. The van der Waals surface area contributed by atoms with Gasteiger partial charge in [0.1, 0.15) is 11.0 Å². The lowest BCUT2D eigenvalue weighted by atomic mass is 10.2. The van der Waals surface area contributed by atoms with Gasteiger partial charge < -0.3 is 0 Å². The van der Waals surface area contributed by atoms with Crippen LogP contribution in [0.2, 0.25) is 5.02 Å². The average molecular weight is 351 g/mol. The smallest absolute Gasteiger partial charge is 0.108 e. The molecule has 0 spiro atoms. The first-order valence-electron chi connectivity index (χ1n) is 5.49. The van der Waals surface area contributed by atoms with Crippen molar-refractivity contribution in [1.82, 2.24) is 0 Å². The fourth-order valence-corrected chi connectivity index (χ4v) is 2.95. The highest BCUT2D eigenvalue weighted by atomic mass is 79.9. The van der Waals surface area contributed by atoms with Crippen molar-refractivity contribution in [3.05, 3.63) is 70.1 Å². The zero-order valence-corrected chi connectivity index (χ0v) is 13.0. The second-order valence-electron chi connectivity index (χ2n) is 3.68. The van der Waals surface area contributed by atoms with Crippen molar-refractivity contribution in [2.24, 2.45) is 0 Å². The molecule has 2 aromatic carbocycles. The molecule has 0 unspecified atom stereocenters. The normalized spacial score (nSPS) is 11.6. The van der Waals surface area contributed by atoms with Crippen LogP contribution in [-0.2, 0) is 0 Å². The third-order valence-electron chi connectivity index (χ3n) is 2.36. The molecule has 2 aromatic rings. The fourth-order valence-electron chi connectivity index (χ4n) is 1.45. The number of allylic oxidation sites excluding steroid dienone is 1. The minimum Gasteiger partial charge on any atom is -0.192 e. The van der Waals surface area contributed by atoms with Crippen molar-refractivity contribution >= 4 is 43.8 Å². The standard InChI is InChI=1S/C15H9BrClNS/c16-15(11-6-8-12(17)9-7-11)14(10-18)19-13-4-2-1-3-5-13/h1-9H/b15-14-. The first-order chi connectivity index (χ1) is 9.20. The maximum absolute atomic E-state index is 9.29. The maximum atomic E-state index is 9.29. The predicted octanol–water partition coefficient (Wildman–Crippen LogP) is 5.72. The summed E-state index contributed by atoms with van der Waals surface area (Å²) in [5.74, 6) is 0. The van der Waals surface area contributed by atoms with Gasteiger partial charge >= 0.3 is 0 Å². The molecule has 0 N–H and O–H groups in total. The summed E-state index contributed by atoms with van der Waals surface area (Å²) in [6.07, 6.45) is 0. The maximum Gasteiger partial charge on any atom is 0.108 e. The van der Waals surface area contributed by atoms with Crippen molar-refractivity contribution in [2.75, 3.05) is 0 Å². The molecular weight excluding hydrogens is 342 g/mol. The molecule has 0 aliphatic carbocycles. The van der Waals surface area contributed by atoms with Crippen molar-refractivity contribution < 1.29 is 0 Å². The van der Waals surface area contributed by atoms with Crippen LogP contribution in [0.1, 0.15) is 5.56 Å². The van der Waals surface area contributed by atoms with E-state index in [1.165, 1.54) is 11.8 Å². The molecule has 0 radical (unpaired) electrons. The van der Waals surface area contributed by atoms with Crippen LogP contribution in [-0.4, -0.2) is 0 Å². The lowest BCUT2D eigenvalue weighted by molar-refractivity contribution is 1.46. The summed E-state index contributed by atoms with van der Waals surface area (Å²) < 4.78 is 0.778. The number of nitriles is 1. The summed E-state index contributed by atoms with van der Waals surface area (Å²) in [6, 6.07) is 19.4. The number of hydrogen-bond donors (Lipinski definition) is 0. The van der Waals surface area contributed by atoms with E-state index in [2.05, 4.69) is 22.0 Å². The summed E-state index contributed by atoms with van der Waals surface area (Å²) >= 11 is 10.8. The molecule has 0 atom stereocenters. The first kappa shape index (κ1) is 14.2. The van der Waals surface area contributed by atoms with E-state index in [-0.39, 0.29) is 0 Å². The van der Waals surface area contributed by atoms with E-state index >= 15 is 0 Å². The van der Waals surface area contributed by atoms with Gasteiger partial charge in [0.05, 0.1) is 0 Å². The molecule has 4 heteroatoms. The second kappa shape index (κ2) is 6.81. The highest BCUT2D eigenvalue weighted by Gasteiger charge is 2.08. The molecule has 0 saturated heterocycles. The van der Waals surface area contributed by atoms with Gasteiger partial charge in [-0.1, -0.05) is 53.7 Å². The highest BCUT2D eigenvalue weighted by molar-refractivity contribution is 9.15. The molecule has 0 aliphatic heterocycles. The number of hydrogen-bond acceptors (Lipinski definition) is 2. The molecule has 0 heterocycles. The topological polar surface area (TPSA) is 23.8 Å². The molecule has 0 saturated carbocycles. The Hall–Kier alpha value is -1.21. The lowest BCUT2D eigenvalue weighted by Gasteiger charge is -2.04. The number of benzene rings is 2. The fraction of sp³-hybridized carbons (Fsp3) is 0. The van der Waals surface area contributed by atoms with E-state index in [1.807, 2.05) is 42.5 Å². The van der Waals surface area contributed by atoms with Crippen molar-refractivity contribution in [3.8, 4) is 6.07 Å². The molecule has 1 nitrogen and oxygen atoms in total. The summed E-state index contributed by atoms with van der Waals surface area (Å²) in [6.45, 7) is 0. The van der Waals surface area contributed by atoms with Gasteiger partial charge in [-0.3, -0.25) is 0 Å². The second-order valence-corrected chi connectivity index (χ2v) is 5.99. The Morgan fingerprint density at radius 1 is 1.05 bits per heavy atom. The summed E-state index contributed by atoms with van der Waals surface area (Å²) in [5, 5.41) is 9.97. The Labute approximate surface area is 130 Å². The van der Waals surface area contributed by atoms with E-state index < -0.39 is 0 Å². The molecule has 0 aromatic heterocycles. The Balaban J connectivity index is 2.32. The SMILES string of the molecule is N#C/C(Sc1ccccc1)=C(/Br)c1ccc(Cl)cc1. The van der Waals surface area contributed by atoms with Crippen LogP contribution in [0, 0.1) is 11.3 Å². The Morgan fingerprint density at radius 2 is 1.68 bits per heavy atom. The summed E-state index contributed by atoms with van der Waals surface area (Å²) in [7, 11) is 0. The third-order valence-corrected chi connectivity index (χ3v) is 4.74. The van der Waals surface area contributed by atoms with E-state index in [1.54, 1.807) is 12.1 Å². The highest BCUT2D eigenvalue weighted by Crippen LogP contribution is 2.35. The van der Waals surface area contributed by atoms with Gasteiger partial charge in [0.15, 0.2) is 0 Å². The van der Waals surface area contributed by atoms with Gasteiger partial charge in [-0.05, 0) is 45.8 Å². The van der Waals surface area contributed by atoms with Gasteiger partial charge in [0.25, 0.3) is 0 Å². The van der Waals surface area contributed by atoms with Gasteiger partial charge in [0.2, 0.25) is 0 Å². The van der Waals surface area contributed by atoms with E-state index in [9.17, 15) is 5.26 Å². The minimum absolute atomic E-state index is 0.619.